The first-order valence-corrected chi connectivity index (χ1v) is 9.42. The first-order valence-electron chi connectivity index (χ1n) is 8.60. The molecule has 1 atom stereocenters. The standard InChI is InChI=1S/C19H26N4O2S.ClH/c1-11(2)17(20)18(25)21-10-16(24)23-19-22-9-15(26-19)8-14-6-5-12(3)13(4)7-14;/h5-7,9,11,17H,8,10,20H2,1-4H3,(H,21,25)(H,22,23,24);1H/t17-;/m0./s1. The summed E-state index contributed by atoms with van der Waals surface area (Å²) in [5.74, 6) is -0.629. The molecule has 0 aliphatic rings. The lowest BCUT2D eigenvalue weighted by molar-refractivity contribution is -0.125. The van der Waals surface area contributed by atoms with Crippen LogP contribution in [0.25, 0.3) is 0 Å². The molecule has 0 bridgehead atoms. The Kier molecular flexibility index (Phi) is 8.88. The van der Waals surface area contributed by atoms with E-state index in [-0.39, 0.29) is 36.7 Å². The lowest BCUT2D eigenvalue weighted by atomic mass is 10.0. The number of nitrogens with two attached hydrogens (primary N) is 1. The molecule has 0 unspecified atom stereocenters. The van der Waals surface area contributed by atoms with E-state index in [4.69, 9.17) is 5.73 Å². The van der Waals surface area contributed by atoms with Crippen LogP contribution in [-0.4, -0.2) is 29.4 Å². The summed E-state index contributed by atoms with van der Waals surface area (Å²) in [4.78, 5) is 29.0. The normalized spacial score (nSPS) is 11.6. The Balaban J connectivity index is 0.00000364. The zero-order valence-electron chi connectivity index (χ0n) is 16.0. The Morgan fingerprint density at radius 1 is 1.22 bits per heavy atom. The highest BCUT2D eigenvalue weighted by Gasteiger charge is 2.17. The van der Waals surface area contributed by atoms with Crippen LogP contribution in [-0.2, 0) is 16.0 Å². The maximum Gasteiger partial charge on any atom is 0.245 e. The van der Waals surface area contributed by atoms with Gasteiger partial charge in [0.2, 0.25) is 11.8 Å². The van der Waals surface area contributed by atoms with Gasteiger partial charge in [0.1, 0.15) is 0 Å². The Bertz CT molecular complexity index is 792. The van der Waals surface area contributed by atoms with Gasteiger partial charge in [-0.2, -0.15) is 0 Å². The van der Waals surface area contributed by atoms with Crippen LogP contribution in [0, 0.1) is 19.8 Å². The number of carbonyl (C=O) groups is 2. The van der Waals surface area contributed by atoms with Gasteiger partial charge in [0.25, 0.3) is 0 Å². The smallest absolute Gasteiger partial charge is 0.245 e. The fourth-order valence-electron chi connectivity index (χ4n) is 2.31. The number of nitrogens with zero attached hydrogens (tertiary/aromatic N) is 1. The minimum Gasteiger partial charge on any atom is -0.346 e. The molecule has 0 radical (unpaired) electrons. The number of hydrogen-bond donors (Lipinski definition) is 3. The maximum atomic E-state index is 12.0. The van der Waals surface area contributed by atoms with Gasteiger partial charge < -0.3 is 16.4 Å². The van der Waals surface area contributed by atoms with E-state index in [0.717, 1.165) is 11.3 Å². The summed E-state index contributed by atoms with van der Waals surface area (Å²) >= 11 is 1.43. The van der Waals surface area contributed by atoms with Crippen molar-refractivity contribution in [2.45, 2.75) is 40.2 Å². The quantitative estimate of drug-likeness (QED) is 0.653. The van der Waals surface area contributed by atoms with Crippen LogP contribution in [0.15, 0.2) is 24.4 Å². The number of halogens is 1. The summed E-state index contributed by atoms with van der Waals surface area (Å²) in [5.41, 5.74) is 9.48. The molecule has 2 rings (SSSR count). The summed E-state index contributed by atoms with van der Waals surface area (Å²) in [7, 11) is 0. The molecule has 2 aromatic rings. The molecule has 0 aliphatic carbocycles. The van der Waals surface area contributed by atoms with Crippen molar-refractivity contribution in [1.29, 1.82) is 0 Å². The van der Waals surface area contributed by atoms with Crippen LogP contribution >= 0.6 is 23.7 Å². The van der Waals surface area contributed by atoms with Crippen molar-refractivity contribution in [2.24, 2.45) is 11.7 Å². The third-order valence-corrected chi connectivity index (χ3v) is 5.11. The van der Waals surface area contributed by atoms with E-state index >= 15 is 0 Å². The summed E-state index contributed by atoms with van der Waals surface area (Å²) < 4.78 is 0. The van der Waals surface area contributed by atoms with Gasteiger partial charge in [-0.1, -0.05) is 32.0 Å². The van der Waals surface area contributed by atoms with Crippen molar-refractivity contribution in [2.75, 3.05) is 11.9 Å². The van der Waals surface area contributed by atoms with Gasteiger partial charge in [-0.3, -0.25) is 9.59 Å². The molecule has 148 valence electrons. The lowest BCUT2D eigenvalue weighted by Crippen LogP contribution is -2.46. The molecule has 0 saturated heterocycles. The largest absolute Gasteiger partial charge is 0.346 e. The van der Waals surface area contributed by atoms with Crippen LogP contribution in [0.1, 0.15) is 35.4 Å². The van der Waals surface area contributed by atoms with E-state index in [9.17, 15) is 9.59 Å². The molecule has 27 heavy (non-hydrogen) atoms. The van der Waals surface area contributed by atoms with E-state index in [0.29, 0.717) is 5.13 Å². The monoisotopic (exact) mass is 410 g/mol. The van der Waals surface area contributed by atoms with Crippen LogP contribution in [0.4, 0.5) is 5.13 Å². The average Bonchev–Trinajstić information content (AvgIpc) is 3.02. The summed E-state index contributed by atoms with van der Waals surface area (Å²) in [6, 6.07) is 5.76. The molecule has 2 amide bonds. The molecule has 1 heterocycles. The molecule has 1 aromatic heterocycles. The zero-order valence-corrected chi connectivity index (χ0v) is 17.7. The third-order valence-electron chi connectivity index (χ3n) is 4.19. The van der Waals surface area contributed by atoms with Crippen molar-refractivity contribution < 1.29 is 9.59 Å². The molecule has 6 nitrogen and oxygen atoms in total. The SMILES string of the molecule is Cc1ccc(Cc2cnc(NC(=O)CNC(=O)[C@@H](N)C(C)C)s2)cc1C.Cl. The second-order valence-electron chi connectivity index (χ2n) is 6.76. The molecular weight excluding hydrogens is 384 g/mol. The molecular formula is C19H27ClN4O2S. The van der Waals surface area contributed by atoms with Crippen molar-refractivity contribution in [3.63, 3.8) is 0 Å². The number of thiazole rings is 1. The second-order valence-corrected chi connectivity index (χ2v) is 7.88. The van der Waals surface area contributed by atoms with Gasteiger partial charge in [0.15, 0.2) is 5.13 Å². The Hall–Kier alpha value is -1.96. The zero-order chi connectivity index (χ0) is 19.3. The van der Waals surface area contributed by atoms with Crippen molar-refractivity contribution >= 4 is 40.7 Å². The van der Waals surface area contributed by atoms with E-state index in [2.05, 4.69) is 47.7 Å². The number of carbonyl (C=O) groups excluding carboxylic acids is 2. The fourth-order valence-corrected chi connectivity index (χ4v) is 3.18. The fraction of sp³-hybridized carbons (Fsp3) is 0.421. The number of benzene rings is 1. The van der Waals surface area contributed by atoms with Gasteiger partial charge in [-0.25, -0.2) is 4.98 Å². The first-order chi connectivity index (χ1) is 12.3. The average molecular weight is 411 g/mol. The predicted octanol–water partition coefficient (Wildman–Crippen LogP) is 2.81. The Morgan fingerprint density at radius 2 is 1.93 bits per heavy atom. The minimum absolute atomic E-state index is 0. The van der Waals surface area contributed by atoms with Crippen LogP contribution in [0.3, 0.4) is 0 Å². The van der Waals surface area contributed by atoms with Crippen LogP contribution < -0.4 is 16.4 Å². The summed E-state index contributed by atoms with van der Waals surface area (Å²) in [6.45, 7) is 7.78. The van der Waals surface area contributed by atoms with Gasteiger partial charge in [0.05, 0.1) is 12.6 Å². The highest BCUT2D eigenvalue weighted by molar-refractivity contribution is 7.15. The molecule has 0 saturated carbocycles. The third kappa shape index (κ3) is 6.93. The number of amides is 2. The number of aryl methyl sites for hydroxylation is 2. The number of hydrogen-bond acceptors (Lipinski definition) is 5. The lowest BCUT2D eigenvalue weighted by Gasteiger charge is -2.14. The molecule has 4 N–H and O–H groups in total. The maximum absolute atomic E-state index is 12.0. The highest BCUT2D eigenvalue weighted by atomic mass is 35.5. The van der Waals surface area contributed by atoms with Crippen molar-refractivity contribution in [3.05, 3.63) is 46.0 Å². The molecule has 0 aliphatic heterocycles. The Labute approximate surface area is 170 Å². The van der Waals surface area contributed by atoms with Crippen molar-refractivity contribution in [3.8, 4) is 0 Å². The minimum atomic E-state index is -0.618. The van der Waals surface area contributed by atoms with Gasteiger partial charge in [-0.15, -0.1) is 23.7 Å². The molecule has 1 aromatic carbocycles. The summed E-state index contributed by atoms with van der Waals surface area (Å²) in [6.07, 6.45) is 2.54. The Morgan fingerprint density at radius 3 is 2.56 bits per heavy atom. The molecule has 0 spiro atoms. The van der Waals surface area contributed by atoms with E-state index < -0.39 is 6.04 Å². The number of anilines is 1. The van der Waals surface area contributed by atoms with Gasteiger partial charge in [-0.05, 0) is 36.5 Å². The predicted molar refractivity (Wildman–Crippen MR) is 113 cm³/mol. The number of nitrogens with one attached hydrogen (secondary N) is 2. The van der Waals surface area contributed by atoms with E-state index in [1.54, 1.807) is 6.20 Å². The van der Waals surface area contributed by atoms with Crippen molar-refractivity contribution in [1.82, 2.24) is 10.3 Å². The van der Waals surface area contributed by atoms with Crippen LogP contribution in [0.5, 0.6) is 0 Å². The molecule has 0 fully saturated rings. The molecule has 8 heteroatoms. The van der Waals surface area contributed by atoms with E-state index in [1.807, 2.05) is 13.8 Å². The van der Waals surface area contributed by atoms with Gasteiger partial charge in [0, 0.05) is 17.5 Å². The second kappa shape index (κ2) is 10.4. The van der Waals surface area contributed by atoms with Gasteiger partial charge >= 0.3 is 0 Å². The highest BCUT2D eigenvalue weighted by Crippen LogP contribution is 2.22. The summed E-state index contributed by atoms with van der Waals surface area (Å²) in [5, 5.41) is 5.77. The van der Waals surface area contributed by atoms with Crippen LogP contribution in [0.2, 0.25) is 0 Å². The number of rotatable bonds is 7. The first kappa shape index (κ1) is 23.1. The van der Waals surface area contributed by atoms with E-state index in [1.165, 1.54) is 28.0 Å². The number of aromatic nitrogens is 1. The topological polar surface area (TPSA) is 97.1 Å².